The van der Waals surface area contributed by atoms with Gasteiger partial charge in [-0.1, -0.05) is 53.0 Å². The monoisotopic (exact) mass is 755 g/mol. The highest BCUT2D eigenvalue weighted by Crippen LogP contribution is 2.36. The van der Waals surface area contributed by atoms with Crippen molar-refractivity contribution in [2.45, 2.75) is 13.2 Å². The molecule has 0 N–H and O–H groups in total. The average molecular weight is 757 g/mol. The highest BCUT2D eigenvalue weighted by molar-refractivity contribution is 14.1. The maximum atomic E-state index is 12.9. The molecule has 1 aliphatic rings. The number of carbonyl (C=O) groups is 2. The molecule has 0 saturated carbocycles. The van der Waals surface area contributed by atoms with E-state index in [1.54, 1.807) is 42.5 Å². The number of benzene rings is 3. The van der Waals surface area contributed by atoms with Crippen LogP contribution >= 0.6 is 91.7 Å². The predicted molar refractivity (Wildman–Crippen MR) is 156 cm³/mol. The van der Waals surface area contributed by atoms with Crippen molar-refractivity contribution in [3.63, 3.8) is 0 Å². The van der Waals surface area contributed by atoms with E-state index in [1.807, 2.05) is 18.2 Å². The molecule has 0 unspecified atom stereocenters. The number of carbonyl (C=O) groups excluding carboxylic acids is 2. The number of nitrogens with zero attached hydrogens (tertiary/aromatic N) is 1. The third-order valence-electron chi connectivity index (χ3n) is 4.81. The largest absolute Gasteiger partial charge is 0.487 e. The van der Waals surface area contributed by atoms with Crippen LogP contribution in [0.15, 0.2) is 59.5 Å². The molecule has 1 fully saturated rings. The summed E-state index contributed by atoms with van der Waals surface area (Å²) in [5.41, 5.74) is 2.55. The lowest BCUT2D eigenvalue weighted by Gasteiger charge is -2.13. The van der Waals surface area contributed by atoms with Crippen molar-refractivity contribution < 1.29 is 14.3 Å². The molecule has 3 aromatic rings. The zero-order chi connectivity index (χ0) is 24.4. The van der Waals surface area contributed by atoms with Gasteiger partial charge < -0.3 is 4.74 Å². The van der Waals surface area contributed by atoms with Crippen molar-refractivity contribution >= 4 is 109 Å². The molecular weight excluding hydrogens is 743 g/mol. The van der Waals surface area contributed by atoms with Crippen LogP contribution in [-0.4, -0.2) is 16.0 Å². The Bertz CT molecular complexity index is 1290. The molecule has 2 amide bonds. The Morgan fingerprint density at radius 3 is 2.18 bits per heavy atom. The summed E-state index contributed by atoms with van der Waals surface area (Å²) < 4.78 is 7.79. The number of ether oxygens (including phenoxy) is 1. The van der Waals surface area contributed by atoms with Crippen LogP contribution in [0, 0.1) is 7.14 Å². The van der Waals surface area contributed by atoms with Crippen molar-refractivity contribution in [2.75, 3.05) is 0 Å². The first kappa shape index (κ1) is 26.1. The number of halogens is 5. The van der Waals surface area contributed by atoms with Crippen LogP contribution in [0.2, 0.25) is 15.1 Å². The quantitative estimate of drug-likeness (QED) is 0.187. The second-order valence-corrected chi connectivity index (χ2v) is 11.8. The van der Waals surface area contributed by atoms with Crippen LogP contribution in [0.5, 0.6) is 5.75 Å². The molecule has 1 heterocycles. The van der Waals surface area contributed by atoms with E-state index in [2.05, 4.69) is 45.2 Å². The molecule has 4 nitrogen and oxygen atoms in total. The molecule has 34 heavy (non-hydrogen) atoms. The smallest absolute Gasteiger partial charge is 0.293 e. The molecule has 0 atom stereocenters. The van der Waals surface area contributed by atoms with Gasteiger partial charge in [0, 0.05) is 5.02 Å². The van der Waals surface area contributed by atoms with Gasteiger partial charge in [-0.15, -0.1) is 0 Å². The molecular formula is C24H14Cl3I2NO3S. The molecule has 3 aromatic carbocycles. The van der Waals surface area contributed by atoms with Gasteiger partial charge >= 0.3 is 0 Å². The fourth-order valence-corrected chi connectivity index (χ4v) is 6.56. The maximum Gasteiger partial charge on any atom is 0.293 e. The van der Waals surface area contributed by atoms with Gasteiger partial charge in [0.15, 0.2) is 0 Å². The summed E-state index contributed by atoms with van der Waals surface area (Å²) in [5.74, 6) is 0.426. The topological polar surface area (TPSA) is 46.6 Å². The number of imide groups is 1. The standard InChI is InChI=1S/C24H14Cl3I2NO3S/c25-16-4-1-13(2-5-16)11-30-23(31)21(34-24(30)32)10-15-8-19(28)22(20(29)9-15)33-12-14-3-6-17(26)18(27)7-14/h1-10H,11-12H2/b21-10-. The van der Waals surface area contributed by atoms with Gasteiger partial charge in [0.2, 0.25) is 0 Å². The zero-order valence-electron chi connectivity index (χ0n) is 17.2. The first-order valence-electron chi connectivity index (χ1n) is 9.77. The fourth-order valence-electron chi connectivity index (χ4n) is 3.15. The van der Waals surface area contributed by atoms with Gasteiger partial charge in [0.05, 0.1) is 28.6 Å². The molecule has 1 aliphatic heterocycles. The van der Waals surface area contributed by atoms with E-state index in [9.17, 15) is 9.59 Å². The van der Waals surface area contributed by atoms with E-state index in [1.165, 1.54) is 4.90 Å². The summed E-state index contributed by atoms with van der Waals surface area (Å²) >= 11 is 23.3. The summed E-state index contributed by atoms with van der Waals surface area (Å²) in [6.45, 7) is 0.543. The molecule has 174 valence electrons. The normalized spacial score (nSPS) is 14.9. The Morgan fingerprint density at radius 1 is 0.882 bits per heavy atom. The Balaban J connectivity index is 1.49. The van der Waals surface area contributed by atoms with Crippen LogP contribution in [0.4, 0.5) is 4.79 Å². The van der Waals surface area contributed by atoms with E-state index < -0.39 is 0 Å². The third-order valence-corrected chi connectivity index (χ3v) is 8.31. The highest BCUT2D eigenvalue weighted by atomic mass is 127. The van der Waals surface area contributed by atoms with Crippen LogP contribution in [-0.2, 0) is 17.9 Å². The highest BCUT2D eigenvalue weighted by Gasteiger charge is 2.35. The van der Waals surface area contributed by atoms with Crippen molar-refractivity contribution in [1.29, 1.82) is 0 Å². The average Bonchev–Trinajstić information content (AvgIpc) is 3.04. The minimum atomic E-state index is -0.310. The van der Waals surface area contributed by atoms with E-state index >= 15 is 0 Å². The van der Waals surface area contributed by atoms with E-state index in [-0.39, 0.29) is 17.7 Å². The van der Waals surface area contributed by atoms with Crippen LogP contribution in [0.3, 0.4) is 0 Å². The number of thioether (sulfide) groups is 1. The number of rotatable bonds is 6. The van der Waals surface area contributed by atoms with E-state index in [0.717, 1.165) is 41.3 Å². The molecule has 0 aromatic heterocycles. The van der Waals surface area contributed by atoms with Gasteiger partial charge in [-0.2, -0.15) is 0 Å². The minimum absolute atomic E-state index is 0.204. The van der Waals surface area contributed by atoms with Gasteiger partial charge in [-0.25, -0.2) is 0 Å². The van der Waals surface area contributed by atoms with Gasteiger partial charge in [-0.3, -0.25) is 14.5 Å². The Labute approximate surface area is 243 Å². The molecule has 10 heteroatoms. The van der Waals surface area contributed by atoms with E-state index in [0.29, 0.717) is 26.6 Å². The second-order valence-electron chi connectivity index (χ2n) is 7.25. The summed E-state index contributed by atoms with van der Waals surface area (Å²) in [5, 5.41) is 1.28. The van der Waals surface area contributed by atoms with Gasteiger partial charge in [0.1, 0.15) is 12.4 Å². The first-order valence-corrected chi connectivity index (χ1v) is 13.9. The third kappa shape index (κ3) is 6.22. The van der Waals surface area contributed by atoms with Crippen LogP contribution < -0.4 is 4.74 Å². The molecule has 0 aliphatic carbocycles. The zero-order valence-corrected chi connectivity index (χ0v) is 24.6. The number of hydrogen-bond acceptors (Lipinski definition) is 4. The van der Waals surface area contributed by atoms with Crippen LogP contribution in [0.25, 0.3) is 6.08 Å². The summed E-state index contributed by atoms with van der Waals surface area (Å²) in [6, 6.07) is 16.3. The molecule has 4 rings (SSSR count). The van der Waals surface area contributed by atoms with Crippen molar-refractivity contribution in [2.24, 2.45) is 0 Å². The lowest BCUT2D eigenvalue weighted by molar-refractivity contribution is -0.123. The lowest BCUT2D eigenvalue weighted by Crippen LogP contribution is -2.27. The summed E-state index contributed by atoms with van der Waals surface area (Å²) in [6.07, 6.45) is 1.74. The SMILES string of the molecule is O=C1S/C(=C\c2cc(I)c(OCc3ccc(Cl)c(Cl)c3)c(I)c2)C(=O)N1Cc1ccc(Cl)cc1. The number of amides is 2. The molecule has 1 saturated heterocycles. The summed E-state index contributed by atoms with van der Waals surface area (Å²) in [7, 11) is 0. The molecule has 0 bridgehead atoms. The Morgan fingerprint density at radius 2 is 1.53 bits per heavy atom. The second kappa shape index (κ2) is 11.4. The molecule has 0 radical (unpaired) electrons. The van der Waals surface area contributed by atoms with Crippen molar-refractivity contribution in [1.82, 2.24) is 4.90 Å². The summed E-state index contributed by atoms with van der Waals surface area (Å²) in [4.78, 5) is 27.0. The van der Waals surface area contributed by atoms with Crippen molar-refractivity contribution in [3.8, 4) is 5.75 Å². The van der Waals surface area contributed by atoms with Crippen molar-refractivity contribution in [3.05, 3.63) is 98.4 Å². The lowest BCUT2D eigenvalue weighted by atomic mass is 10.2. The van der Waals surface area contributed by atoms with E-state index in [4.69, 9.17) is 39.5 Å². The Hall–Kier alpha value is -0.980. The Kier molecular flexibility index (Phi) is 8.74. The van der Waals surface area contributed by atoms with Gasteiger partial charge in [-0.05, 0) is 116 Å². The molecule has 0 spiro atoms. The minimum Gasteiger partial charge on any atom is -0.487 e. The van der Waals surface area contributed by atoms with Crippen LogP contribution in [0.1, 0.15) is 16.7 Å². The predicted octanol–water partition coefficient (Wildman–Crippen LogP) is 8.67. The van der Waals surface area contributed by atoms with Gasteiger partial charge in [0.25, 0.3) is 11.1 Å². The maximum absolute atomic E-state index is 12.9. The first-order chi connectivity index (χ1) is 16.2. The fraction of sp³-hybridized carbons (Fsp3) is 0.0833. The number of hydrogen-bond donors (Lipinski definition) is 0.